The van der Waals surface area contributed by atoms with Crippen molar-refractivity contribution in [3.8, 4) is 0 Å². The second kappa shape index (κ2) is 27.1. The van der Waals surface area contributed by atoms with E-state index in [4.69, 9.17) is 14.5 Å². The van der Waals surface area contributed by atoms with Crippen molar-refractivity contribution in [2.24, 2.45) is 0 Å². The van der Waals surface area contributed by atoms with Crippen LogP contribution in [0.5, 0.6) is 0 Å². The third-order valence-electron chi connectivity index (χ3n) is 7.35. The molecule has 9 heteroatoms. The quantitative estimate of drug-likeness (QED) is 0.0431. The minimum absolute atomic E-state index is 0.139. The summed E-state index contributed by atoms with van der Waals surface area (Å²) in [7, 11) is -4.82. The molecular formula is C31H61O8P. The van der Waals surface area contributed by atoms with E-state index in [1.54, 1.807) is 0 Å². The van der Waals surface area contributed by atoms with Gasteiger partial charge < -0.3 is 19.6 Å². The summed E-state index contributed by atoms with van der Waals surface area (Å²) in [5, 5.41) is 10.4. The van der Waals surface area contributed by atoms with E-state index in [0.717, 1.165) is 38.5 Å². The van der Waals surface area contributed by atoms with Crippen LogP contribution in [0.1, 0.15) is 168 Å². The van der Waals surface area contributed by atoms with Gasteiger partial charge in [-0.1, -0.05) is 142 Å². The van der Waals surface area contributed by atoms with Crippen molar-refractivity contribution in [3.05, 3.63) is 0 Å². The number of esters is 1. The first-order valence-electron chi connectivity index (χ1n) is 16.3. The fourth-order valence-corrected chi connectivity index (χ4v) is 5.21. The predicted octanol–water partition coefficient (Wildman–Crippen LogP) is 8.34. The molecule has 40 heavy (non-hydrogen) atoms. The van der Waals surface area contributed by atoms with Crippen molar-refractivity contribution in [1.29, 1.82) is 0 Å². The number of rotatable bonds is 30. The largest absolute Gasteiger partial charge is 0.469 e. The molecule has 0 radical (unpaired) electrons. The zero-order valence-corrected chi connectivity index (χ0v) is 26.6. The fourth-order valence-electron chi connectivity index (χ4n) is 4.86. The number of aliphatic hydroxyl groups is 1. The van der Waals surface area contributed by atoms with Gasteiger partial charge in [-0.25, -0.2) is 4.57 Å². The van der Waals surface area contributed by atoms with Gasteiger partial charge in [0.25, 0.3) is 0 Å². The second-order valence-electron chi connectivity index (χ2n) is 11.3. The molecule has 2 atom stereocenters. The Morgan fingerprint density at radius 2 is 0.950 bits per heavy atom. The van der Waals surface area contributed by atoms with Crippen LogP contribution in [0, 0.1) is 0 Å². The molecule has 0 saturated heterocycles. The Hall–Kier alpha value is -0.790. The Bertz CT molecular complexity index is 651. The summed E-state index contributed by atoms with van der Waals surface area (Å²) < 4.78 is 20.7. The molecular weight excluding hydrogens is 531 g/mol. The molecule has 0 aromatic carbocycles. The lowest BCUT2D eigenvalue weighted by molar-refractivity contribution is -0.163. The number of hydrogen-bond acceptors (Lipinski definition) is 6. The molecule has 0 saturated carbocycles. The second-order valence-corrected chi connectivity index (χ2v) is 12.5. The number of aliphatic hydroxyl groups excluding tert-OH is 1. The van der Waals surface area contributed by atoms with Gasteiger partial charge in [0.15, 0.2) is 11.9 Å². The number of ether oxygens (including phenoxy) is 1. The molecule has 0 bridgehead atoms. The molecule has 2 unspecified atom stereocenters. The van der Waals surface area contributed by atoms with Crippen LogP contribution in [-0.2, 0) is 23.4 Å². The van der Waals surface area contributed by atoms with Crippen LogP contribution in [0.2, 0.25) is 0 Å². The van der Waals surface area contributed by atoms with E-state index in [9.17, 15) is 19.3 Å². The zero-order valence-electron chi connectivity index (χ0n) is 25.7. The van der Waals surface area contributed by atoms with E-state index >= 15 is 0 Å². The van der Waals surface area contributed by atoms with E-state index in [1.165, 1.54) is 89.9 Å². The molecule has 0 aliphatic heterocycles. The SMILES string of the molecule is CCCCCCCCCCCCCC(=O)OC(C(=O)CCCCCCCCCCCCC)C(O)COP(=O)(O)O. The average molecular weight is 593 g/mol. The fraction of sp³-hybridized carbons (Fsp3) is 0.935. The number of phosphoric acid groups is 1. The first-order chi connectivity index (χ1) is 19.2. The minimum Gasteiger partial charge on any atom is -0.451 e. The van der Waals surface area contributed by atoms with Gasteiger partial charge in [-0.2, -0.15) is 0 Å². The maximum Gasteiger partial charge on any atom is 0.469 e. The summed E-state index contributed by atoms with van der Waals surface area (Å²) in [5.41, 5.74) is 0. The Morgan fingerprint density at radius 3 is 1.32 bits per heavy atom. The molecule has 0 rings (SSSR count). The van der Waals surface area contributed by atoms with E-state index in [2.05, 4.69) is 18.4 Å². The maximum absolute atomic E-state index is 12.8. The number of Topliss-reactive ketones (excluding diaryl/α,β-unsaturated/α-hetero) is 1. The van der Waals surface area contributed by atoms with E-state index in [0.29, 0.717) is 12.8 Å². The van der Waals surface area contributed by atoms with E-state index < -0.39 is 38.4 Å². The summed E-state index contributed by atoms with van der Waals surface area (Å²) in [6.07, 6.45) is 22.4. The van der Waals surface area contributed by atoms with E-state index in [1.807, 2.05) is 0 Å². The molecule has 3 N–H and O–H groups in total. The molecule has 0 aromatic rings. The third-order valence-corrected chi connectivity index (χ3v) is 7.84. The van der Waals surface area contributed by atoms with Gasteiger partial charge in [0.1, 0.15) is 6.10 Å². The predicted molar refractivity (Wildman–Crippen MR) is 161 cm³/mol. The molecule has 0 aliphatic rings. The Kier molecular flexibility index (Phi) is 26.5. The van der Waals surface area contributed by atoms with Crippen LogP contribution in [0.25, 0.3) is 0 Å². The molecule has 0 aromatic heterocycles. The topological polar surface area (TPSA) is 130 Å². The molecule has 0 spiro atoms. The Morgan fingerprint density at radius 1 is 0.600 bits per heavy atom. The summed E-state index contributed by atoms with van der Waals surface area (Å²) in [5.74, 6) is -1.02. The first kappa shape index (κ1) is 39.2. The first-order valence-corrected chi connectivity index (χ1v) is 17.8. The lowest BCUT2D eigenvalue weighted by atomic mass is 10.0. The van der Waals surface area contributed by atoms with Crippen molar-refractivity contribution < 1.29 is 38.3 Å². The monoisotopic (exact) mass is 592 g/mol. The van der Waals surface area contributed by atoms with Gasteiger partial charge >= 0.3 is 13.8 Å². The third kappa shape index (κ3) is 26.1. The molecule has 0 aliphatic carbocycles. The molecule has 0 amide bonds. The van der Waals surface area contributed by atoms with Gasteiger partial charge in [-0.3, -0.25) is 14.1 Å². The number of phosphoric ester groups is 1. The summed E-state index contributed by atoms with van der Waals surface area (Å²) >= 11 is 0. The highest BCUT2D eigenvalue weighted by molar-refractivity contribution is 7.46. The van der Waals surface area contributed by atoms with E-state index in [-0.39, 0.29) is 12.8 Å². The summed E-state index contributed by atoms with van der Waals surface area (Å²) in [4.78, 5) is 43.1. The maximum atomic E-state index is 12.8. The smallest absolute Gasteiger partial charge is 0.451 e. The average Bonchev–Trinajstić information content (AvgIpc) is 2.91. The highest BCUT2D eigenvalue weighted by atomic mass is 31.2. The number of carbonyl (C=O) groups excluding carboxylic acids is 2. The van der Waals surface area contributed by atoms with Gasteiger partial charge in [0.2, 0.25) is 0 Å². The van der Waals surface area contributed by atoms with Gasteiger partial charge in [-0.05, 0) is 12.8 Å². The van der Waals surface area contributed by atoms with Crippen molar-refractivity contribution in [1.82, 2.24) is 0 Å². The van der Waals surface area contributed by atoms with Crippen LogP contribution < -0.4 is 0 Å². The lowest BCUT2D eigenvalue weighted by Crippen LogP contribution is -2.40. The standard InChI is InChI=1S/C31H61O8P/c1-3-5-7-9-11-13-15-17-19-21-23-25-28(32)31(29(33)27-38-40(35,36)37)39-30(34)26-24-22-20-18-16-14-12-10-8-6-4-2/h29,31,33H,3-27H2,1-2H3,(H2,35,36,37). The summed E-state index contributed by atoms with van der Waals surface area (Å²) in [6, 6.07) is 0. The van der Waals surface area contributed by atoms with Crippen molar-refractivity contribution in [3.63, 3.8) is 0 Å². The molecule has 0 heterocycles. The van der Waals surface area contributed by atoms with Gasteiger partial charge in [-0.15, -0.1) is 0 Å². The van der Waals surface area contributed by atoms with Crippen LogP contribution in [0.4, 0.5) is 0 Å². The highest BCUT2D eigenvalue weighted by Crippen LogP contribution is 2.36. The normalized spacial score (nSPS) is 13.3. The Balaban J connectivity index is 4.29. The van der Waals surface area contributed by atoms with Gasteiger partial charge in [0.05, 0.1) is 6.61 Å². The summed E-state index contributed by atoms with van der Waals surface area (Å²) in [6.45, 7) is 3.65. The number of carbonyl (C=O) groups is 2. The Labute approximate surface area is 244 Å². The molecule has 238 valence electrons. The van der Waals surface area contributed by atoms with Crippen LogP contribution >= 0.6 is 7.82 Å². The van der Waals surface area contributed by atoms with Gasteiger partial charge in [0, 0.05) is 12.8 Å². The van der Waals surface area contributed by atoms with Crippen molar-refractivity contribution in [2.45, 2.75) is 180 Å². The zero-order chi connectivity index (χ0) is 29.9. The van der Waals surface area contributed by atoms with Crippen LogP contribution in [-0.4, -0.2) is 45.5 Å². The number of unbranched alkanes of at least 4 members (excludes halogenated alkanes) is 20. The van der Waals surface area contributed by atoms with Crippen molar-refractivity contribution >= 4 is 19.6 Å². The highest BCUT2D eigenvalue weighted by Gasteiger charge is 2.32. The van der Waals surface area contributed by atoms with Crippen molar-refractivity contribution in [2.75, 3.05) is 6.61 Å². The molecule has 0 fully saturated rings. The van der Waals surface area contributed by atoms with Crippen LogP contribution in [0.3, 0.4) is 0 Å². The van der Waals surface area contributed by atoms with Crippen LogP contribution in [0.15, 0.2) is 0 Å². The number of ketones is 1. The minimum atomic E-state index is -4.82. The molecule has 8 nitrogen and oxygen atoms in total. The lowest BCUT2D eigenvalue weighted by Gasteiger charge is -2.22. The number of hydrogen-bond donors (Lipinski definition) is 3.